The van der Waals surface area contributed by atoms with Crippen LogP contribution in [0.2, 0.25) is 0 Å². The van der Waals surface area contributed by atoms with Crippen molar-refractivity contribution in [2.75, 3.05) is 52.9 Å². The van der Waals surface area contributed by atoms with Crippen LogP contribution in [0.5, 0.6) is 0 Å². The highest BCUT2D eigenvalue weighted by atomic mass is 16.5. The molecule has 1 atom stereocenters. The second-order valence-electron chi connectivity index (χ2n) is 6.87. The highest BCUT2D eigenvalue weighted by Crippen LogP contribution is 2.06. The fourth-order valence-electron chi connectivity index (χ4n) is 2.75. The van der Waals surface area contributed by atoms with E-state index in [1.165, 1.54) is 26.1 Å². The summed E-state index contributed by atoms with van der Waals surface area (Å²) in [5.74, 6) is 0.759. The van der Waals surface area contributed by atoms with Crippen molar-refractivity contribution < 1.29 is 6.16 Å². The lowest BCUT2D eigenvalue weighted by atomic mass is 10.2. The average Bonchev–Trinajstić information content (AvgIpc) is 2.36. The molecule has 1 heterocycles. The van der Waals surface area contributed by atoms with Gasteiger partial charge < -0.3 is 15.0 Å². The molecular formula is C16H37N3O. The van der Waals surface area contributed by atoms with E-state index in [4.69, 9.17) is 4.74 Å². The third-order valence-electron chi connectivity index (χ3n) is 3.67. The van der Waals surface area contributed by atoms with Gasteiger partial charge in [0.05, 0.1) is 12.7 Å². The van der Waals surface area contributed by atoms with Crippen LogP contribution in [0.1, 0.15) is 35.5 Å². The molecular weight excluding hydrogens is 250 g/mol. The molecule has 1 rings (SSSR count). The van der Waals surface area contributed by atoms with E-state index in [1.54, 1.807) is 0 Å². The zero-order chi connectivity index (χ0) is 15.0. The summed E-state index contributed by atoms with van der Waals surface area (Å²) >= 11 is 0. The van der Waals surface area contributed by atoms with Gasteiger partial charge in [0.2, 0.25) is 0 Å². The Balaban J connectivity index is 0.00000400. The van der Waals surface area contributed by atoms with Gasteiger partial charge in [0.25, 0.3) is 0 Å². The third-order valence-corrected chi connectivity index (χ3v) is 3.67. The predicted octanol–water partition coefficient (Wildman–Crippen LogP) is 1.91. The van der Waals surface area contributed by atoms with Gasteiger partial charge >= 0.3 is 0 Å². The zero-order valence-corrected chi connectivity index (χ0v) is 14.2. The van der Waals surface area contributed by atoms with Crippen molar-refractivity contribution >= 4 is 0 Å². The van der Waals surface area contributed by atoms with E-state index in [1.807, 2.05) is 0 Å². The Kier molecular flexibility index (Phi) is 8.69. The fourth-order valence-corrected chi connectivity index (χ4v) is 2.75. The van der Waals surface area contributed by atoms with E-state index in [9.17, 15) is 0 Å². The second-order valence-corrected chi connectivity index (χ2v) is 6.87. The molecule has 0 aromatic carbocycles. The van der Waals surface area contributed by atoms with Gasteiger partial charge in [0.15, 0.2) is 0 Å². The molecule has 1 fully saturated rings. The van der Waals surface area contributed by atoms with Crippen molar-refractivity contribution in [3.05, 3.63) is 0 Å². The average molecular weight is 287 g/mol. The van der Waals surface area contributed by atoms with Gasteiger partial charge in [-0.3, -0.25) is 4.90 Å². The number of ether oxygens (including phenoxy) is 1. The van der Waals surface area contributed by atoms with Crippen LogP contribution in [0.4, 0.5) is 0 Å². The van der Waals surface area contributed by atoms with E-state index in [0.29, 0.717) is 12.1 Å². The van der Waals surface area contributed by atoms with E-state index < -0.39 is 0 Å². The minimum Gasteiger partial charge on any atom is -0.374 e. The molecule has 0 bridgehead atoms. The minimum atomic E-state index is 0. The van der Waals surface area contributed by atoms with Crippen molar-refractivity contribution in [1.82, 2.24) is 15.1 Å². The largest absolute Gasteiger partial charge is 0.374 e. The maximum Gasteiger partial charge on any atom is 0.0826 e. The highest BCUT2D eigenvalue weighted by Gasteiger charge is 2.20. The molecule has 0 saturated carbocycles. The quantitative estimate of drug-likeness (QED) is 0.701. The molecule has 1 saturated heterocycles. The lowest BCUT2D eigenvalue weighted by molar-refractivity contribution is -0.0284. The lowest BCUT2D eigenvalue weighted by Gasteiger charge is -2.33. The van der Waals surface area contributed by atoms with Crippen LogP contribution in [0.3, 0.4) is 0 Å². The van der Waals surface area contributed by atoms with Gasteiger partial charge in [-0.1, -0.05) is 27.7 Å². The number of rotatable bonds is 9. The summed E-state index contributed by atoms with van der Waals surface area (Å²) in [4.78, 5) is 5.00. The number of morpholine rings is 1. The van der Waals surface area contributed by atoms with Crippen LogP contribution < -0.4 is 5.32 Å². The highest BCUT2D eigenvalue weighted by molar-refractivity contribution is 4.74. The van der Waals surface area contributed by atoms with Crippen molar-refractivity contribution in [3.63, 3.8) is 0 Å². The van der Waals surface area contributed by atoms with E-state index >= 15 is 0 Å². The van der Waals surface area contributed by atoms with Crippen LogP contribution in [0.15, 0.2) is 0 Å². The summed E-state index contributed by atoms with van der Waals surface area (Å²) in [6.07, 6.45) is 1.62. The maximum atomic E-state index is 5.82. The molecule has 0 aromatic rings. The van der Waals surface area contributed by atoms with Crippen LogP contribution in [0, 0.1) is 5.92 Å². The Hall–Kier alpha value is -0.160. The number of hydrogen-bond donors (Lipinski definition) is 1. The molecule has 122 valence electrons. The normalized spacial score (nSPS) is 21.3. The Morgan fingerprint density at radius 2 is 2.10 bits per heavy atom. The first-order chi connectivity index (χ1) is 9.47. The Morgan fingerprint density at radius 3 is 2.75 bits per heavy atom. The van der Waals surface area contributed by atoms with Gasteiger partial charge in [-0.2, -0.15) is 0 Å². The molecule has 0 unspecified atom stereocenters. The first kappa shape index (κ1) is 17.9. The summed E-state index contributed by atoms with van der Waals surface area (Å²) in [5, 5.41) is 3.47. The summed E-state index contributed by atoms with van der Waals surface area (Å²) < 4.78 is 5.82. The smallest absolute Gasteiger partial charge is 0.0826 e. The molecule has 1 aliphatic rings. The molecule has 4 nitrogen and oxygen atoms in total. The molecule has 1 aliphatic heterocycles. The van der Waals surface area contributed by atoms with E-state index in [2.05, 4.69) is 49.9 Å². The van der Waals surface area contributed by atoms with Crippen molar-refractivity contribution in [3.8, 4) is 0 Å². The topological polar surface area (TPSA) is 27.7 Å². The molecule has 0 radical (unpaired) electrons. The first-order valence-corrected chi connectivity index (χ1v) is 8.23. The van der Waals surface area contributed by atoms with Crippen LogP contribution in [-0.2, 0) is 4.74 Å². The van der Waals surface area contributed by atoms with E-state index in [0.717, 1.165) is 32.2 Å². The molecule has 0 aliphatic carbocycles. The molecule has 4 heteroatoms. The molecule has 1 N–H and O–H groups in total. The van der Waals surface area contributed by atoms with Crippen molar-refractivity contribution in [2.45, 2.75) is 46.3 Å². The number of hydrogen-bond acceptors (Lipinski definition) is 4. The lowest BCUT2D eigenvalue weighted by Crippen LogP contribution is -2.48. The Bertz CT molecular complexity index is 252. The van der Waals surface area contributed by atoms with Crippen LogP contribution in [-0.4, -0.2) is 74.9 Å². The van der Waals surface area contributed by atoms with Gasteiger partial charge in [-0.05, 0) is 32.5 Å². The Labute approximate surface area is 127 Å². The summed E-state index contributed by atoms with van der Waals surface area (Å²) in [6.45, 7) is 16.6. The van der Waals surface area contributed by atoms with Crippen molar-refractivity contribution in [1.29, 1.82) is 0 Å². The number of nitrogens with zero attached hydrogens (tertiary/aromatic N) is 2. The Morgan fingerprint density at radius 1 is 1.35 bits per heavy atom. The van der Waals surface area contributed by atoms with Crippen LogP contribution >= 0.6 is 0 Å². The molecule has 0 spiro atoms. The summed E-state index contributed by atoms with van der Waals surface area (Å²) in [5.41, 5.74) is 0. The molecule has 20 heavy (non-hydrogen) atoms. The summed E-state index contributed by atoms with van der Waals surface area (Å²) in [7, 11) is 2.23. The standard InChI is InChI=1S/C16H35N3O.H2/c1-14(2)12-18(5)7-6-8-19-9-10-20-16(13-19)11-17-15(3)4;/h14-17H,6-13H2,1-5H3;1H/t16-;/m1./s1. The monoisotopic (exact) mass is 287 g/mol. The zero-order valence-electron chi connectivity index (χ0n) is 14.2. The first-order valence-electron chi connectivity index (χ1n) is 8.23. The van der Waals surface area contributed by atoms with Gasteiger partial charge in [-0.25, -0.2) is 0 Å². The molecule has 0 aromatic heterocycles. The summed E-state index contributed by atoms with van der Waals surface area (Å²) in [6, 6.07) is 0.540. The molecule has 0 amide bonds. The maximum absolute atomic E-state index is 5.82. The second kappa shape index (κ2) is 9.72. The SMILES string of the molecule is CC(C)CN(C)CCCN1CCO[C@H](CNC(C)C)C1.[HH]. The van der Waals surface area contributed by atoms with E-state index in [-0.39, 0.29) is 1.43 Å². The van der Waals surface area contributed by atoms with Gasteiger partial charge in [0.1, 0.15) is 0 Å². The minimum absolute atomic E-state index is 0. The van der Waals surface area contributed by atoms with Crippen molar-refractivity contribution in [2.24, 2.45) is 5.92 Å². The fraction of sp³-hybridized carbons (Fsp3) is 1.00. The number of nitrogens with one attached hydrogen (secondary N) is 1. The predicted molar refractivity (Wildman–Crippen MR) is 88.4 cm³/mol. The van der Waals surface area contributed by atoms with Gasteiger partial charge in [-0.15, -0.1) is 0 Å². The third kappa shape index (κ3) is 8.20. The van der Waals surface area contributed by atoms with Gasteiger partial charge in [0, 0.05) is 33.6 Å². The van der Waals surface area contributed by atoms with Crippen LogP contribution in [0.25, 0.3) is 0 Å².